The molecule has 0 saturated carbocycles. The minimum absolute atomic E-state index is 0.0274. The summed E-state index contributed by atoms with van der Waals surface area (Å²) >= 11 is 5.65. The number of nitro benzene ring substituents is 1. The van der Waals surface area contributed by atoms with Crippen LogP contribution in [0.15, 0.2) is 41.4 Å². The van der Waals surface area contributed by atoms with Gasteiger partial charge in [-0.1, -0.05) is 17.7 Å². The number of esters is 1. The van der Waals surface area contributed by atoms with Gasteiger partial charge in [-0.2, -0.15) is 0 Å². The summed E-state index contributed by atoms with van der Waals surface area (Å²) < 4.78 is 36.5. The smallest absolute Gasteiger partial charge is 0.312 e. The first-order valence-corrected chi connectivity index (χ1v) is 9.67. The highest BCUT2D eigenvalue weighted by Gasteiger charge is 2.22. The zero-order valence-electron chi connectivity index (χ0n) is 14.6. The van der Waals surface area contributed by atoms with Gasteiger partial charge in [-0.05, 0) is 18.2 Å². The van der Waals surface area contributed by atoms with Crippen molar-refractivity contribution in [3.8, 4) is 5.75 Å². The lowest BCUT2D eigenvalue weighted by molar-refractivity contribution is -0.386. The number of aromatic nitrogens is 1. The zero-order chi connectivity index (χ0) is 20.7. The van der Waals surface area contributed by atoms with Crippen molar-refractivity contribution >= 4 is 33.3 Å². The van der Waals surface area contributed by atoms with Crippen LogP contribution >= 0.6 is 11.6 Å². The number of nitrogens with zero attached hydrogens (tertiary/aromatic N) is 2. The van der Waals surface area contributed by atoms with Crippen molar-refractivity contribution in [1.82, 2.24) is 9.71 Å². The van der Waals surface area contributed by atoms with E-state index in [1.165, 1.54) is 25.4 Å². The molecule has 0 aliphatic heterocycles. The molecule has 0 amide bonds. The van der Waals surface area contributed by atoms with Gasteiger partial charge in [0.05, 0.1) is 23.3 Å². The second-order valence-electron chi connectivity index (χ2n) is 5.39. The standard InChI is InChI=1S/C16H16ClN3O7S/c1-26-14-4-3-12(8-13(14)20(22)23)28(24,25)19-7-6-16(21)27-10-11-2-5-15(17)18-9-11/h2-5,8-9,19H,6-7,10H2,1H3. The predicted octanol–water partition coefficient (Wildman–Crippen LogP) is 2.06. The Balaban J connectivity index is 1.90. The third kappa shape index (κ3) is 5.87. The van der Waals surface area contributed by atoms with Gasteiger partial charge in [-0.3, -0.25) is 14.9 Å². The molecule has 0 radical (unpaired) electrons. The first-order chi connectivity index (χ1) is 13.2. The second kappa shape index (κ2) is 9.44. The molecule has 0 bridgehead atoms. The van der Waals surface area contributed by atoms with Crippen molar-refractivity contribution in [3.63, 3.8) is 0 Å². The summed E-state index contributed by atoms with van der Waals surface area (Å²) in [6, 6.07) is 6.42. The average molecular weight is 430 g/mol. The normalized spacial score (nSPS) is 11.1. The summed E-state index contributed by atoms with van der Waals surface area (Å²) in [4.78, 5) is 25.5. The van der Waals surface area contributed by atoms with E-state index in [4.69, 9.17) is 21.1 Å². The minimum atomic E-state index is -4.05. The molecular formula is C16H16ClN3O7S. The van der Waals surface area contributed by atoms with Crippen molar-refractivity contribution in [2.24, 2.45) is 0 Å². The van der Waals surface area contributed by atoms with E-state index in [9.17, 15) is 23.3 Å². The number of carbonyl (C=O) groups is 1. The fourth-order valence-corrected chi connectivity index (χ4v) is 3.24. The SMILES string of the molecule is COc1ccc(S(=O)(=O)NCCC(=O)OCc2ccc(Cl)nc2)cc1[N+](=O)[O-]. The number of sulfonamides is 1. The molecule has 10 nitrogen and oxygen atoms in total. The molecule has 0 saturated heterocycles. The van der Waals surface area contributed by atoms with Gasteiger partial charge in [-0.15, -0.1) is 0 Å². The number of nitro groups is 1. The van der Waals surface area contributed by atoms with E-state index in [0.29, 0.717) is 10.7 Å². The Kier molecular flexibility index (Phi) is 7.26. The fraction of sp³-hybridized carbons (Fsp3) is 0.250. The maximum absolute atomic E-state index is 12.3. The Morgan fingerprint density at radius 3 is 2.68 bits per heavy atom. The first-order valence-electron chi connectivity index (χ1n) is 7.81. The molecule has 1 N–H and O–H groups in total. The summed E-state index contributed by atoms with van der Waals surface area (Å²) in [6.45, 7) is -0.264. The number of rotatable bonds is 9. The van der Waals surface area contributed by atoms with Gasteiger partial charge in [0.1, 0.15) is 11.8 Å². The highest BCUT2D eigenvalue weighted by atomic mass is 35.5. The molecule has 0 atom stereocenters. The van der Waals surface area contributed by atoms with Crippen molar-refractivity contribution < 1.29 is 27.6 Å². The summed E-state index contributed by atoms with van der Waals surface area (Å²) in [5, 5.41) is 11.3. The maximum Gasteiger partial charge on any atom is 0.312 e. The maximum atomic E-state index is 12.3. The van der Waals surface area contributed by atoms with E-state index < -0.39 is 26.6 Å². The van der Waals surface area contributed by atoms with Crippen LogP contribution in [0, 0.1) is 10.1 Å². The van der Waals surface area contributed by atoms with Crippen LogP contribution in [0.5, 0.6) is 5.75 Å². The molecule has 28 heavy (non-hydrogen) atoms. The molecule has 2 rings (SSSR count). The third-order valence-corrected chi connectivity index (χ3v) is 5.15. The van der Waals surface area contributed by atoms with Crippen LogP contribution in [-0.4, -0.2) is 37.9 Å². The molecule has 0 aliphatic rings. The fourth-order valence-electron chi connectivity index (χ4n) is 2.08. The first kappa shape index (κ1) is 21.5. The molecule has 0 fully saturated rings. The number of nitrogens with one attached hydrogen (secondary N) is 1. The van der Waals surface area contributed by atoms with Crippen LogP contribution in [0.2, 0.25) is 5.15 Å². The minimum Gasteiger partial charge on any atom is -0.490 e. The number of pyridine rings is 1. The van der Waals surface area contributed by atoms with Gasteiger partial charge in [0.15, 0.2) is 5.75 Å². The van der Waals surface area contributed by atoms with E-state index in [-0.39, 0.29) is 30.2 Å². The summed E-state index contributed by atoms with van der Waals surface area (Å²) in [7, 11) is -2.81. The molecule has 0 spiro atoms. The topological polar surface area (TPSA) is 138 Å². The Bertz CT molecular complexity index is 965. The van der Waals surface area contributed by atoms with E-state index in [2.05, 4.69) is 9.71 Å². The van der Waals surface area contributed by atoms with Gasteiger partial charge in [0.2, 0.25) is 10.0 Å². The summed E-state index contributed by atoms with van der Waals surface area (Å²) in [5.74, 6) is -0.692. The van der Waals surface area contributed by atoms with Crippen LogP contribution in [0.3, 0.4) is 0 Å². The molecule has 2 aromatic rings. The number of hydrogen-bond donors (Lipinski definition) is 1. The van der Waals surface area contributed by atoms with E-state index in [1.807, 2.05) is 0 Å². The highest BCUT2D eigenvalue weighted by molar-refractivity contribution is 7.89. The average Bonchev–Trinajstić information content (AvgIpc) is 2.66. The number of carbonyl (C=O) groups excluding carboxylic acids is 1. The quantitative estimate of drug-likeness (QED) is 0.276. The Hall–Kier alpha value is -2.76. The van der Waals surface area contributed by atoms with Crippen molar-refractivity contribution in [2.45, 2.75) is 17.9 Å². The lowest BCUT2D eigenvalue weighted by atomic mass is 10.3. The van der Waals surface area contributed by atoms with E-state index in [1.54, 1.807) is 12.1 Å². The zero-order valence-corrected chi connectivity index (χ0v) is 16.2. The summed E-state index contributed by atoms with van der Waals surface area (Å²) in [6.07, 6.45) is 1.23. The molecule has 1 aromatic carbocycles. The highest BCUT2D eigenvalue weighted by Crippen LogP contribution is 2.29. The molecule has 12 heteroatoms. The summed E-state index contributed by atoms with van der Waals surface area (Å²) in [5.41, 5.74) is 0.144. The van der Waals surface area contributed by atoms with Gasteiger partial charge in [-0.25, -0.2) is 18.1 Å². The second-order valence-corrected chi connectivity index (χ2v) is 7.54. The van der Waals surface area contributed by atoms with Crippen LogP contribution < -0.4 is 9.46 Å². The van der Waals surface area contributed by atoms with Crippen molar-refractivity contribution in [2.75, 3.05) is 13.7 Å². The van der Waals surface area contributed by atoms with Gasteiger partial charge in [0.25, 0.3) is 0 Å². The molecule has 150 valence electrons. The molecular weight excluding hydrogens is 414 g/mol. The van der Waals surface area contributed by atoms with Crippen molar-refractivity contribution in [3.05, 3.63) is 57.4 Å². The molecule has 0 unspecified atom stereocenters. The third-order valence-electron chi connectivity index (χ3n) is 3.47. The van der Waals surface area contributed by atoms with Crippen LogP contribution in [0.25, 0.3) is 0 Å². The monoisotopic (exact) mass is 429 g/mol. The van der Waals surface area contributed by atoms with Gasteiger partial charge >= 0.3 is 11.7 Å². The molecule has 1 heterocycles. The Morgan fingerprint density at radius 2 is 2.07 bits per heavy atom. The number of hydrogen-bond acceptors (Lipinski definition) is 8. The number of benzene rings is 1. The Labute approximate surface area is 165 Å². The number of ether oxygens (including phenoxy) is 2. The largest absolute Gasteiger partial charge is 0.490 e. The van der Waals surface area contributed by atoms with E-state index >= 15 is 0 Å². The van der Waals surface area contributed by atoms with Crippen LogP contribution in [0.1, 0.15) is 12.0 Å². The van der Waals surface area contributed by atoms with E-state index in [0.717, 1.165) is 6.07 Å². The number of halogens is 1. The van der Waals surface area contributed by atoms with Crippen molar-refractivity contribution in [1.29, 1.82) is 0 Å². The Morgan fingerprint density at radius 1 is 1.32 bits per heavy atom. The van der Waals surface area contributed by atoms with Crippen LogP contribution in [-0.2, 0) is 26.2 Å². The predicted molar refractivity (Wildman–Crippen MR) is 98.5 cm³/mol. The van der Waals surface area contributed by atoms with Gasteiger partial charge < -0.3 is 9.47 Å². The van der Waals surface area contributed by atoms with Gasteiger partial charge in [0, 0.05) is 24.4 Å². The van der Waals surface area contributed by atoms with Crippen LogP contribution in [0.4, 0.5) is 5.69 Å². The lowest BCUT2D eigenvalue weighted by Gasteiger charge is -2.08. The molecule has 0 aliphatic carbocycles. The lowest BCUT2D eigenvalue weighted by Crippen LogP contribution is -2.26. The molecule has 1 aromatic heterocycles. The number of methoxy groups -OCH3 is 1.